The number of rotatable bonds is 3. The molecule has 1 amide bonds. The highest BCUT2D eigenvalue weighted by atomic mass is 32.2. The molecule has 2 aromatic carbocycles. The summed E-state index contributed by atoms with van der Waals surface area (Å²) in [5.74, 6) is -0.756. The van der Waals surface area contributed by atoms with Crippen LogP contribution in [-0.4, -0.2) is 38.3 Å². The zero-order chi connectivity index (χ0) is 18.6. The Morgan fingerprint density at radius 2 is 1.77 bits per heavy atom. The van der Waals surface area contributed by atoms with Crippen LogP contribution in [-0.2, 0) is 21.2 Å². The minimum atomic E-state index is -3.56. The van der Waals surface area contributed by atoms with Crippen molar-refractivity contribution in [1.82, 2.24) is 4.90 Å². The standard InChI is InChI=1S/C19H20FNO4S/c20-17-9-5-4-8-16(17)18-10-11-21(12-13-26(18,23)24)19(22)25-14-15-6-2-1-3-7-15/h1-9,18H,10-14H2. The molecule has 7 heteroatoms. The van der Waals surface area contributed by atoms with Crippen molar-refractivity contribution in [2.24, 2.45) is 0 Å². The molecule has 1 unspecified atom stereocenters. The maximum Gasteiger partial charge on any atom is 0.410 e. The van der Waals surface area contributed by atoms with Crippen molar-refractivity contribution in [2.75, 3.05) is 18.8 Å². The van der Waals surface area contributed by atoms with Gasteiger partial charge in [-0.25, -0.2) is 17.6 Å². The van der Waals surface area contributed by atoms with Gasteiger partial charge in [0.2, 0.25) is 0 Å². The lowest BCUT2D eigenvalue weighted by atomic mass is 10.1. The fraction of sp³-hybridized carbons (Fsp3) is 0.316. The van der Waals surface area contributed by atoms with E-state index in [-0.39, 0.29) is 37.4 Å². The van der Waals surface area contributed by atoms with Gasteiger partial charge in [0.15, 0.2) is 9.84 Å². The summed E-state index contributed by atoms with van der Waals surface area (Å²) in [5, 5.41) is -0.948. The molecule has 1 saturated heterocycles. The monoisotopic (exact) mass is 377 g/mol. The molecular weight excluding hydrogens is 357 g/mol. The maximum absolute atomic E-state index is 14.0. The number of carbonyl (C=O) groups is 1. The Morgan fingerprint density at radius 3 is 2.50 bits per heavy atom. The lowest BCUT2D eigenvalue weighted by Gasteiger charge is -2.19. The van der Waals surface area contributed by atoms with Crippen LogP contribution in [0, 0.1) is 5.82 Å². The Labute approximate surface area is 152 Å². The van der Waals surface area contributed by atoms with Crippen molar-refractivity contribution in [3.05, 3.63) is 71.5 Å². The number of benzene rings is 2. The van der Waals surface area contributed by atoms with Gasteiger partial charge in [-0.05, 0) is 18.1 Å². The molecule has 0 saturated carbocycles. The highest BCUT2D eigenvalue weighted by Crippen LogP contribution is 2.31. The van der Waals surface area contributed by atoms with Gasteiger partial charge < -0.3 is 9.64 Å². The quantitative estimate of drug-likeness (QED) is 0.823. The van der Waals surface area contributed by atoms with Crippen LogP contribution in [0.4, 0.5) is 9.18 Å². The molecule has 1 aliphatic rings. The van der Waals surface area contributed by atoms with E-state index in [4.69, 9.17) is 4.74 Å². The summed E-state index contributed by atoms with van der Waals surface area (Å²) in [4.78, 5) is 13.7. The number of hydrogen-bond acceptors (Lipinski definition) is 4. The van der Waals surface area contributed by atoms with Gasteiger partial charge in [0, 0.05) is 18.7 Å². The van der Waals surface area contributed by atoms with E-state index < -0.39 is 27.0 Å². The number of carbonyl (C=O) groups excluding carboxylic acids is 1. The number of amides is 1. The highest BCUT2D eigenvalue weighted by molar-refractivity contribution is 7.91. The minimum absolute atomic E-state index is 0.0426. The second kappa shape index (κ2) is 7.86. The SMILES string of the molecule is O=C(OCc1ccccc1)N1CCC(c2ccccc2F)S(=O)(=O)CC1. The fourth-order valence-corrected chi connectivity index (χ4v) is 4.82. The lowest BCUT2D eigenvalue weighted by molar-refractivity contribution is 0.0985. The first kappa shape index (κ1) is 18.4. The van der Waals surface area contributed by atoms with Crippen molar-refractivity contribution in [2.45, 2.75) is 18.3 Å². The summed E-state index contributed by atoms with van der Waals surface area (Å²) in [5.41, 5.74) is 1.01. The average Bonchev–Trinajstić information content (AvgIpc) is 2.79. The number of ether oxygens (including phenoxy) is 1. The Kier molecular flexibility index (Phi) is 5.56. The third-order valence-corrected chi connectivity index (χ3v) is 6.56. The summed E-state index contributed by atoms with van der Waals surface area (Å²) in [7, 11) is -3.56. The molecule has 1 heterocycles. The van der Waals surface area contributed by atoms with Gasteiger partial charge in [0.25, 0.3) is 0 Å². The summed E-state index contributed by atoms with van der Waals surface area (Å²) >= 11 is 0. The molecule has 0 bridgehead atoms. The fourth-order valence-electron chi connectivity index (χ4n) is 3.02. The molecule has 138 valence electrons. The average molecular weight is 377 g/mol. The highest BCUT2D eigenvalue weighted by Gasteiger charge is 2.34. The predicted octanol–water partition coefficient (Wildman–Crippen LogP) is 3.32. The van der Waals surface area contributed by atoms with Gasteiger partial charge in [-0.1, -0.05) is 48.5 Å². The Bertz CT molecular complexity index is 870. The van der Waals surface area contributed by atoms with Crippen LogP contribution < -0.4 is 0 Å². The Balaban J connectivity index is 1.68. The second-order valence-corrected chi connectivity index (χ2v) is 8.50. The van der Waals surface area contributed by atoms with Gasteiger partial charge in [-0.2, -0.15) is 0 Å². The molecule has 0 spiro atoms. The molecular formula is C19H20FNO4S. The molecule has 0 radical (unpaired) electrons. The number of hydrogen-bond donors (Lipinski definition) is 0. The normalized spacial score (nSPS) is 19.6. The van der Waals surface area contributed by atoms with Gasteiger partial charge in [0.05, 0.1) is 11.0 Å². The van der Waals surface area contributed by atoms with E-state index in [0.29, 0.717) is 0 Å². The van der Waals surface area contributed by atoms with E-state index in [1.807, 2.05) is 30.3 Å². The van der Waals surface area contributed by atoms with Crippen LogP contribution >= 0.6 is 0 Å². The molecule has 1 fully saturated rings. The van der Waals surface area contributed by atoms with Crippen LogP contribution in [0.15, 0.2) is 54.6 Å². The van der Waals surface area contributed by atoms with Gasteiger partial charge >= 0.3 is 6.09 Å². The Hall–Kier alpha value is -2.41. The molecule has 0 aliphatic carbocycles. The molecule has 1 atom stereocenters. The Morgan fingerprint density at radius 1 is 1.08 bits per heavy atom. The van der Waals surface area contributed by atoms with Crippen LogP contribution in [0.3, 0.4) is 0 Å². The molecule has 2 aromatic rings. The van der Waals surface area contributed by atoms with Crippen molar-refractivity contribution >= 4 is 15.9 Å². The summed E-state index contributed by atoms with van der Waals surface area (Å²) in [6, 6.07) is 15.1. The zero-order valence-electron chi connectivity index (χ0n) is 14.2. The van der Waals surface area contributed by atoms with Crippen LogP contribution in [0.5, 0.6) is 0 Å². The number of sulfone groups is 1. The topological polar surface area (TPSA) is 63.7 Å². The van der Waals surface area contributed by atoms with Gasteiger partial charge in [-0.3, -0.25) is 0 Å². The molecule has 5 nitrogen and oxygen atoms in total. The van der Waals surface area contributed by atoms with Crippen LogP contribution in [0.2, 0.25) is 0 Å². The first-order chi connectivity index (χ1) is 12.5. The molecule has 0 aromatic heterocycles. The van der Waals surface area contributed by atoms with E-state index in [1.54, 1.807) is 6.07 Å². The van der Waals surface area contributed by atoms with Crippen molar-refractivity contribution in [3.8, 4) is 0 Å². The molecule has 26 heavy (non-hydrogen) atoms. The third-order valence-electron chi connectivity index (χ3n) is 4.46. The van der Waals surface area contributed by atoms with Crippen LogP contribution in [0.1, 0.15) is 22.8 Å². The third kappa shape index (κ3) is 4.22. The van der Waals surface area contributed by atoms with E-state index in [9.17, 15) is 17.6 Å². The van der Waals surface area contributed by atoms with Gasteiger partial charge in [-0.15, -0.1) is 0 Å². The van der Waals surface area contributed by atoms with E-state index in [0.717, 1.165) is 5.56 Å². The smallest absolute Gasteiger partial charge is 0.410 e. The first-order valence-corrected chi connectivity index (χ1v) is 10.1. The van der Waals surface area contributed by atoms with E-state index >= 15 is 0 Å². The largest absolute Gasteiger partial charge is 0.445 e. The van der Waals surface area contributed by atoms with Crippen molar-refractivity contribution < 1.29 is 22.3 Å². The van der Waals surface area contributed by atoms with E-state index in [1.165, 1.54) is 23.1 Å². The number of nitrogens with zero attached hydrogens (tertiary/aromatic N) is 1. The summed E-state index contributed by atoms with van der Waals surface area (Å²) < 4.78 is 44.4. The van der Waals surface area contributed by atoms with Crippen molar-refractivity contribution in [1.29, 1.82) is 0 Å². The molecule has 3 rings (SSSR count). The lowest BCUT2D eigenvalue weighted by Crippen LogP contribution is -2.34. The maximum atomic E-state index is 14.0. The number of halogens is 1. The van der Waals surface area contributed by atoms with Gasteiger partial charge in [0.1, 0.15) is 12.4 Å². The van der Waals surface area contributed by atoms with E-state index in [2.05, 4.69) is 0 Å². The van der Waals surface area contributed by atoms with Crippen molar-refractivity contribution in [3.63, 3.8) is 0 Å². The molecule has 0 N–H and O–H groups in total. The first-order valence-electron chi connectivity index (χ1n) is 8.39. The zero-order valence-corrected chi connectivity index (χ0v) is 15.0. The summed E-state index contributed by atoms with van der Waals surface area (Å²) in [6.07, 6.45) is -0.415. The van der Waals surface area contributed by atoms with Crippen LogP contribution in [0.25, 0.3) is 0 Å². The second-order valence-electron chi connectivity index (χ2n) is 6.19. The molecule has 1 aliphatic heterocycles. The predicted molar refractivity (Wildman–Crippen MR) is 95.7 cm³/mol. The summed E-state index contributed by atoms with van der Waals surface area (Å²) in [6.45, 7) is 0.367. The minimum Gasteiger partial charge on any atom is -0.445 e.